The number of anilines is 1. The van der Waals surface area contributed by atoms with Gasteiger partial charge >= 0.3 is 0 Å². The molecule has 2 heterocycles. The van der Waals surface area contributed by atoms with Crippen LogP contribution in [0, 0.1) is 0 Å². The van der Waals surface area contributed by atoms with Crippen LogP contribution >= 0.6 is 11.3 Å². The zero-order chi connectivity index (χ0) is 16.5. The molecule has 2 N–H and O–H groups in total. The highest BCUT2D eigenvalue weighted by atomic mass is 32.1. The molecule has 4 rings (SSSR count). The Balaban J connectivity index is 1.51. The fourth-order valence-electron chi connectivity index (χ4n) is 2.86. The number of carbonyl (C=O) groups excluding carboxylic acids is 2. The second-order valence-electron chi connectivity index (χ2n) is 6.10. The van der Waals surface area contributed by atoms with E-state index in [1.54, 1.807) is 6.07 Å². The fourth-order valence-corrected chi connectivity index (χ4v) is 3.65. The average Bonchev–Trinajstić information content (AvgIpc) is 3.29. The van der Waals surface area contributed by atoms with Crippen LogP contribution in [-0.4, -0.2) is 24.5 Å². The number of ether oxygens (including phenoxy) is 1. The first-order valence-corrected chi connectivity index (χ1v) is 8.99. The van der Waals surface area contributed by atoms with Crippen LogP contribution in [0.2, 0.25) is 0 Å². The summed E-state index contributed by atoms with van der Waals surface area (Å²) in [7, 11) is 0. The molecule has 1 fully saturated rings. The quantitative estimate of drug-likeness (QED) is 0.898. The summed E-state index contributed by atoms with van der Waals surface area (Å²) in [5.74, 6) is -0.357. The first-order chi connectivity index (χ1) is 11.7. The highest BCUT2D eigenvalue weighted by Crippen LogP contribution is 2.30. The molecule has 0 spiro atoms. The Hall–Kier alpha value is -2.18. The van der Waals surface area contributed by atoms with Gasteiger partial charge in [-0.1, -0.05) is 24.3 Å². The molecule has 0 saturated heterocycles. The fraction of sp³-hybridized carbons (Fsp3) is 0.333. The normalized spacial score (nSPS) is 19.4. The van der Waals surface area contributed by atoms with Crippen molar-refractivity contribution >= 4 is 28.2 Å². The molecule has 0 bridgehead atoms. The van der Waals surface area contributed by atoms with Gasteiger partial charge in [0.2, 0.25) is 0 Å². The van der Waals surface area contributed by atoms with Gasteiger partial charge in [0.25, 0.3) is 11.8 Å². The average molecular weight is 342 g/mol. The number of thiophene rings is 1. The Morgan fingerprint density at radius 2 is 2.00 bits per heavy atom. The molecule has 24 heavy (non-hydrogen) atoms. The molecule has 1 atom stereocenters. The summed E-state index contributed by atoms with van der Waals surface area (Å²) >= 11 is 1.35. The van der Waals surface area contributed by atoms with Crippen molar-refractivity contribution in [3.05, 3.63) is 52.4 Å². The lowest BCUT2D eigenvalue weighted by Crippen LogP contribution is -2.30. The lowest BCUT2D eigenvalue weighted by molar-refractivity contribution is -0.128. The van der Waals surface area contributed by atoms with E-state index in [2.05, 4.69) is 10.6 Å². The number of fused-ring (bicyclic) bond motifs is 1. The van der Waals surface area contributed by atoms with Crippen molar-refractivity contribution in [1.29, 1.82) is 0 Å². The zero-order valence-corrected chi connectivity index (χ0v) is 13.9. The van der Waals surface area contributed by atoms with E-state index >= 15 is 0 Å². The number of amides is 2. The van der Waals surface area contributed by atoms with Crippen molar-refractivity contribution in [2.24, 2.45) is 0 Å². The topological polar surface area (TPSA) is 67.4 Å². The van der Waals surface area contributed by atoms with Crippen LogP contribution in [0.15, 0.2) is 35.7 Å². The van der Waals surface area contributed by atoms with E-state index in [1.165, 1.54) is 11.3 Å². The molecule has 0 radical (unpaired) electrons. The monoisotopic (exact) mass is 342 g/mol. The lowest BCUT2D eigenvalue weighted by atomic mass is 9.97. The standard InChI is InChI=1S/C18H18N2O3S/c21-16(19-12-5-6-12)14-8-10-24-18(14)20-17(22)15-13-4-2-1-3-11(13)7-9-23-15/h1-4,8,10,12,15H,5-7,9H2,(H,19,21)(H,20,22)/t15-/m1/s1. The Bertz CT molecular complexity index is 782. The first-order valence-electron chi connectivity index (χ1n) is 8.11. The van der Waals surface area contributed by atoms with Gasteiger partial charge < -0.3 is 15.4 Å². The van der Waals surface area contributed by atoms with Crippen LogP contribution in [0.1, 0.15) is 40.4 Å². The third kappa shape index (κ3) is 3.07. The Kier molecular flexibility index (Phi) is 4.08. The summed E-state index contributed by atoms with van der Waals surface area (Å²) < 4.78 is 5.68. The van der Waals surface area contributed by atoms with E-state index in [4.69, 9.17) is 4.74 Å². The summed E-state index contributed by atoms with van der Waals surface area (Å²) in [5, 5.41) is 8.21. The molecule has 1 aromatic heterocycles. The summed E-state index contributed by atoms with van der Waals surface area (Å²) in [6.07, 6.45) is 2.25. The molecule has 1 aliphatic heterocycles. The smallest absolute Gasteiger partial charge is 0.258 e. The van der Waals surface area contributed by atoms with Gasteiger partial charge in [-0.15, -0.1) is 11.3 Å². The maximum atomic E-state index is 12.7. The summed E-state index contributed by atoms with van der Waals surface area (Å²) in [6.45, 7) is 0.522. The van der Waals surface area contributed by atoms with Crippen molar-refractivity contribution in [3.8, 4) is 0 Å². The molecular formula is C18H18N2O3S. The van der Waals surface area contributed by atoms with Gasteiger partial charge in [-0.2, -0.15) is 0 Å². The molecule has 124 valence electrons. The number of benzene rings is 1. The molecule has 6 heteroatoms. The minimum atomic E-state index is -0.628. The first kappa shape index (κ1) is 15.4. The highest BCUT2D eigenvalue weighted by molar-refractivity contribution is 7.14. The van der Waals surface area contributed by atoms with Gasteiger partial charge in [-0.05, 0) is 41.8 Å². The van der Waals surface area contributed by atoms with Crippen LogP contribution in [-0.2, 0) is 16.0 Å². The van der Waals surface area contributed by atoms with Crippen molar-refractivity contribution in [2.45, 2.75) is 31.4 Å². The van der Waals surface area contributed by atoms with Gasteiger partial charge in [0, 0.05) is 6.04 Å². The van der Waals surface area contributed by atoms with E-state index in [0.717, 1.165) is 30.4 Å². The van der Waals surface area contributed by atoms with E-state index < -0.39 is 6.10 Å². The van der Waals surface area contributed by atoms with Crippen molar-refractivity contribution < 1.29 is 14.3 Å². The maximum Gasteiger partial charge on any atom is 0.258 e. The maximum absolute atomic E-state index is 12.7. The van der Waals surface area contributed by atoms with E-state index in [9.17, 15) is 9.59 Å². The molecule has 1 saturated carbocycles. The molecule has 1 aromatic carbocycles. The number of carbonyl (C=O) groups is 2. The van der Waals surface area contributed by atoms with Crippen LogP contribution < -0.4 is 10.6 Å². The number of rotatable bonds is 4. The largest absolute Gasteiger partial charge is 0.363 e. The summed E-state index contributed by atoms with van der Waals surface area (Å²) in [5.41, 5.74) is 2.56. The Labute approximate surface area is 144 Å². The van der Waals surface area contributed by atoms with Crippen molar-refractivity contribution in [3.63, 3.8) is 0 Å². The van der Waals surface area contributed by atoms with E-state index in [0.29, 0.717) is 17.2 Å². The Morgan fingerprint density at radius 3 is 2.83 bits per heavy atom. The molecule has 5 nitrogen and oxygen atoms in total. The molecular weight excluding hydrogens is 324 g/mol. The third-order valence-corrected chi connectivity index (χ3v) is 5.12. The Morgan fingerprint density at radius 1 is 1.17 bits per heavy atom. The van der Waals surface area contributed by atoms with Crippen LogP contribution in [0.5, 0.6) is 0 Å². The van der Waals surface area contributed by atoms with Crippen molar-refractivity contribution in [2.75, 3.05) is 11.9 Å². The second kappa shape index (κ2) is 6.37. The minimum absolute atomic E-state index is 0.126. The summed E-state index contributed by atoms with van der Waals surface area (Å²) in [6, 6.07) is 9.86. The van der Waals surface area contributed by atoms with E-state index in [1.807, 2.05) is 29.6 Å². The lowest BCUT2D eigenvalue weighted by Gasteiger charge is -2.25. The molecule has 2 amide bonds. The molecule has 2 aromatic rings. The SMILES string of the molecule is O=C(NC1CC1)c1ccsc1NC(=O)[C@@H]1OCCc2ccccc21. The van der Waals surface area contributed by atoms with Crippen LogP contribution in [0.4, 0.5) is 5.00 Å². The van der Waals surface area contributed by atoms with Crippen molar-refractivity contribution in [1.82, 2.24) is 5.32 Å². The molecule has 2 aliphatic rings. The summed E-state index contributed by atoms with van der Waals surface area (Å²) in [4.78, 5) is 24.9. The third-order valence-electron chi connectivity index (χ3n) is 4.29. The predicted molar refractivity (Wildman–Crippen MR) is 92.3 cm³/mol. The van der Waals surface area contributed by atoms with Gasteiger partial charge in [-0.25, -0.2) is 0 Å². The van der Waals surface area contributed by atoms with E-state index in [-0.39, 0.29) is 17.9 Å². The van der Waals surface area contributed by atoms with Gasteiger partial charge in [-0.3, -0.25) is 9.59 Å². The van der Waals surface area contributed by atoms with Gasteiger partial charge in [0.05, 0.1) is 12.2 Å². The molecule has 0 unspecified atom stereocenters. The predicted octanol–water partition coefficient (Wildman–Crippen LogP) is 2.89. The molecule has 1 aliphatic carbocycles. The number of hydrogen-bond acceptors (Lipinski definition) is 4. The number of hydrogen-bond donors (Lipinski definition) is 2. The minimum Gasteiger partial charge on any atom is -0.363 e. The second-order valence-corrected chi connectivity index (χ2v) is 7.02. The van der Waals surface area contributed by atoms with Crippen LogP contribution in [0.3, 0.4) is 0 Å². The number of nitrogens with one attached hydrogen (secondary N) is 2. The highest BCUT2D eigenvalue weighted by Gasteiger charge is 2.29. The zero-order valence-electron chi connectivity index (χ0n) is 13.1. The van der Waals surface area contributed by atoms with Gasteiger partial charge in [0.1, 0.15) is 5.00 Å². The van der Waals surface area contributed by atoms with Gasteiger partial charge in [0.15, 0.2) is 6.10 Å². The van der Waals surface area contributed by atoms with Crippen LogP contribution in [0.25, 0.3) is 0 Å².